The first-order valence-electron chi connectivity index (χ1n) is 12.1. The van der Waals surface area contributed by atoms with Crippen LogP contribution in [0.1, 0.15) is 53.9 Å². The molecule has 0 bridgehead atoms. The number of rotatable bonds is 7. The number of carbonyl (C=O) groups is 1. The average Bonchev–Trinajstić information content (AvgIpc) is 3.53. The second-order valence-electron chi connectivity index (χ2n) is 8.88. The van der Waals surface area contributed by atoms with E-state index < -0.39 is 0 Å². The van der Waals surface area contributed by atoms with Crippen molar-refractivity contribution in [3.8, 4) is 22.6 Å². The van der Waals surface area contributed by atoms with Crippen LogP contribution in [-0.2, 0) is 11.2 Å². The first-order valence-corrected chi connectivity index (χ1v) is 12.1. The van der Waals surface area contributed by atoms with Crippen molar-refractivity contribution in [3.63, 3.8) is 0 Å². The maximum Gasteiger partial charge on any atom is 0.338 e. The zero-order chi connectivity index (χ0) is 23.3. The van der Waals surface area contributed by atoms with Crippen molar-refractivity contribution in [1.82, 2.24) is 4.98 Å². The number of oxazole rings is 1. The summed E-state index contributed by atoms with van der Waals surface area (Å²) in [6, 6.07) is 28.3. The van der Waals surface area contributed by atoms with Crippen LogP contribution in [0.25, 0.3) is 22.6 Å². The molecule has 0 saturated heterocycles. The SMILES string of the molecule is CCOC(=O)c1cccc(C[C@@H]2CCC[C@@H]2c2nc(-c3ccccc3)c(-c3ccccc3)o2)c1. The van der Waals surface area contributed by atoms with Gasteiger partial charge in [-0.2, -0.15) is 0 Å². The Morgan fingerprint density at radius 3 is 2.41 bits per heavy atom. The van der Waals surface area contributed by atoms with Crippen molar-refractivity contribution in [3.05, 3.63) is 102 Å². The molecule has 1 heterocycles. The Labute approximate surface area is 200 Å². The molecular weight excluding hydrogens is 422 g/mol. The molecule has 4 heteroatoms. The van der Waals surface area contributed by atoms with Gasteiger partial charge in [-0.25, -0.2) is 9.78 Å². The van der Waals surface area contributed by atoms with E-state index in [0.29, 0.717) is 18.1 Å². The molecule has 0 N–H and O–H groups in total. The van der Waals surface area contributed by atoms with E-state index in [1.807, 2.05) is 61.5 Å². The van der Waals surface area contributed by atoms with E-state index in [-0.39, 0.29) is 11.9 Å². The molecule has 0 aliphatic heterocycles. The van der Waals surface area contributed by atoms with Gasteiger partial charge < -0.3 is 9.15 Å². The van der Waals surface area contributed by atoms with E-state index in [1.54, 1.807) is 0 Å². The van der Waals surface area contributed by atoms with Gasteiger partial charge in [0.1, 0.15) is 5.69 Å². The fraction of sp³-hybridized carbons (Fsp3) is 0.267. The van der Waals surface area contributed by atoms with Crippen LogP contribution in [0.5, 0.6) is 0 Å². The van der Waals surface area contributed by atoms with E-state index in [9.17, 15) is 4.79 Å². The lowest BCUT2D eigenvalue weighted by molar-refractivity contribution is 0.0526. The molecule has 5 rings (SSSR count). The maximum atomic E-state index is 12.2. The van der Waals surface area contributed by atoms with Crippen molar-refractivity contribution < 1.29 is 13.9 Å². The molecule has 0 spiro atoms. The number of benzene rings is 3. The number of esters is 1. The summed E-state index contributed by atoms with van der Waals surface area (Å²) in [7, 11) is 0. The van der Waals surface area contributed by atoms with Gasteiger partial charge in [0.15, 0.2) is 11.7 Å². The third kappa shape index (κ3) is 4.67. The Bertz CT molecular complexity index is 1190. The molecule has 1 aromatic heterocycles. The summed E-state index contributed by atoms with van der Waals surface area (Å²) in [6.07, 6.45) is 4.22. The van der Waals surface area contributed by atoms with Crippen LogP contribution in [-0.4, -0.2) is 17.6 Å². The Hall–Kier alpha value is -3.66. The Morgan fingerprint density at radius 1 is 0.941 bits per heavy atom. The largest absolute Gasteiger partial charge is 0.462 e. The molecule has 172 valence electrons. The van der Waals surface area contributed by atoms with E-state index >= 15 is 0 Å². The van der Waals surface area contributed by atoms with Gasteiger partial charge in [0.05, 0.1) is 12.2 Å². The van der Waals surface area contributed by atoms with Crippen LogP contribution in [0.3, 0.4) is 0 Å². The molecule has 4 nitrogen and oxygen atoms in total. The minimum absolute atomic E-state index is 0.256. The van der Waals surface area contributed by atoms with Crippen LogP contribution in [0, 0.1) is 5.92 Å². The molecular formula is C30H29NO3. The van der Waals surface area contributed by atoms with Crippen molar-refractivity contribution in [2.75, 3.05) is 6.61 Å². The molecule has 4 aromatic rings. The van der Waals surface area contributed by atoms with Gasteiger partial charge in [0, 0.05) is 17.0 Å². The summed E-state index contributed by atoms with van der Waals surface area (Å²) in [4.78, 5) is 17.2. The fourth-order valence-corrected chi connectivity index (χ4v) is 5.02. The number of ether oxygens (including phenoxy) is 1. The molecule has 1 fully saturated rings. The van der Waals surface area contributed by atoms with Crippen molar-refractivity contribution in [2.45, 2.75) is 38.5 Å². The minimum atomic E-state index is -0.264. The zero-order valence-electron chi connectivity index (χ0n) is 19.4. The van der Waals surface area contributed by atoms with Gasteiger partial charge in [-0.15, -0.1) is 0 Å². The molecule has 2 atom stereocenters. The standard InChI is InChI=1S/C30H29NO3/c1-2-33-30(32)25-17-9-11-21(20-25)19-24-16-10-18-26(24)29-31-27(22-12-5-3-6-13-22)28(34-29)23-14-7-4-8-15-23/h3-9,11-15,17,20,24,26H,2,10,16,18-19H2,1H3/t24-,26-/m0/s1. The predicted octanol–water partition coefficient (Wildman–Crippen LogP) is 7.31. The summed E-state index contributed by atoms with van der Waals surface area (Å²) >= 11 is 0. The third-order valence-electron chi connectivity index (χ3n) is 6.64. The van der Waals surface area contributed by atoms with Crippen LogP contribution >= 0.6 is 0 Å². The average molecular weight is 452 g/mol. The van der Waals surface area contributed by atoms with Crippen LogP contribution in [0.2, 0.25) is 0 Å². The quantitative estimate of drug-likeness (QED) is 0.276. The monoisotopic (exact) mass is 451 g/mol. The van der Waals surface area contributed by atoms with Crippen LogP contribution < -0.4 is 0 Å². The fourth-order valence-electron chi connectivity index (χ4n) is 5.02. The first kappa shape index (κ1) is 22.1. The number of hydrogen-bond donors (Lipinski definition) is 0. The van der Waals surface area contributed by atoms with Gasteiger partial charge >= 0.3 is 5.97 Å². The number of hydrogen-bond acceptors (Lipinski definition) is 4. The Balaban J connectivity index is 1.45. The van der Waals surface area contributed by atoms with E-state index in [2.05, 4.69) is 30.3 Å². The predicted molar refractivity (Wildman–Crippen MR) is 134 cm³/mol. The van der Waals surface area contributed by atoms with E-state index in [4.69, 9.17) is 14.1 Å². The summed E-state index contributed by atoms with van der Waals surface area (Å²) in [5.74, 6) is 2.06. The van der Waals surface area contributed by atoms with Gasteiger partial charge in [-0.05, 0) is 49.8 Å². The summed E-state index contributed by atoms with van der Waals surface area (Å²) in [5, 5.41) is 0. The number of aromatic nitrogens is 1. The number of nitrogens with zero attached hydrogens (tertiary/aromatic N) is 1. The number of carbonyl (C=O) groups excluding carboxylic acids is 1. The summed E-state index contributed by atoms with van der Waals surface area (Å²) in [6.45, 7) is 2.21. The molecule has 0 amide bonds. The molecule has 1 aliphatic rings. The summed E-state index contributed by atoms with van der Waals surface area (Å²) < 4.78 is 11.7. The maximum absolute atomic E-state index is 12.2. The molecule has 1 aliphatic carbocycles. The lowest BCUT2D eigenvalue weighted by atomic mass is 9.89. The van der Waals surface area contributed by atoms with Gasteiger partial charge in [0.25, 0.3) is 0 Å². The molecule has 34 heavy (non-hydrogen) atoms. The lowest BCUT2D eigenvalue weighted by Gasteiger charge is -2.17. The van der Waals surface area contributed by atoms with Crippen molar-refractivity contribution >= 4 is 5.97 Å². The normalized spacial score (nSPS) is 17.6. The highest BCUT2D eigenvalue weighted by Gasteiger charge is 2.33. The van der Waals surface area contributed by atoms with Crippen LogP contribution in [0.4, 0.5) is 0 Å². The molecule has 1 saturated carbocycles. The molecule has 3 aromatic carbocycles. The first-order chi connectivity index (χ1) is 16.7. The van der Waals surface area contributed by atoms with Crippen molar-refractivity contribution in [2.24, 2.45) is 5.92 Å². The van der Waals surface area contributed by atoms with Crippen molar-refractivity contribution in [1.29, 1.82) is 0 Å². The van der Waals surface area contributed by atoms with E-state index in [1.165, 1.54) is 0 Å². The topological polar surface area (TPSA) is 52.3 Å². The van der Waals surface area contributed by atoms with Crippen LogP contribution in [0.15, 0.2) is 89.3 Å². The van der Waals surface area contributed by atoms with Gasteiger partial charge in [0.2, 0.25) is 0 Å². The van der Waals surface area contributed by atoms with E-state index in [0.717, 1.165) is 59.7 Å². The molecule has 0 unspecified atom stereocenters. The minimum Gasteiger partial charge on any atom is -0.462 e. The smallest absolute Gasteiger partial charge is 0.338 e. The Kier molecular flexibility index (Phi) is 6.57. The highest BCUT2D eigenvalue weighted by Crippen LogP contribution is 2.44. The highest BCUT2D eigenvalue weighted by molar-refractivity contribution is 5.89. The summed E-state index contributed by atoms with van der Waals surface area (Å²) in [5.41, 5.74) is 4.77. The lowest BCUT2D eigenvalue weighted by Crippen LogP contribution is -2.11. The van der Waals surface area contributed by atoms with Gasteiger partial charge in [-0.1, -0.05) is 79.2 Å². The second-order valence-corrected chi connectivity index (χ2v) is 8.88. The molecule has 0 radical (unpaired) electrons. The third-order valence-corrected chi connectivity index (χ3v) is 6.64. The second kappa shape index (κ2) is 10.1. The Morgan fingerprint density at radius 2 is 1.68 bits per heavy atom. The zero-order valence-corrected chi connectivity index (χ0v) is 19.4. The highest BCUT2D eigenvalue weighted by atomic mass is 16.5. The van der Waals surface area contributed by atoms with Gasteiger partial charge in [-0.3, -0.25) is 0 Å².